The van der Waals surface area contributed by atoms with Crippen molar-refractivity contribution in [3.63, 3.8) is 0 Å². The normalized spacial score (nSPS) is 15.1. The molecule has 0 atom stereocenters. The first-order chi connectivity index (χ1) is 14.2. The van der Waals surface area contributed by atoms with Crippen molar-refractivity contribution in [3.8, 4) is 11.5 Å². The number of nitrogens with zero attached hydrogens (tertiary/aromatic N) is 2. The van der Waals surface area contributed by atoms with Crippen LogP contribution in [0.4, 0.5) is 0 Å². The second-order valence-corrected chi connectivity index (χ2v) is 7.28. The van der Waals surface area contributed by atoms with E-state index in [1.54, 1.807) is 32.4 Å². The Morgan fingerprint density at radius 1 is 0.966 bits per heavy atom. The average Bonchev–Trinajstić information content (AvgIpc) is 2.78. The van der Waals surface area contributed by atoms with Crippen LogP contribution < -0.4 is 14.8 Å². The van der Waals surface area contributed by atoms with E-state index in [-0.39, 0.29) is 5.91 Å². The summed E-state index contributed by atoms with van der Waals surface area (Å²) in [6.07, 6.45) is 0.933. The zero-order valence-corrected chi connectivity index (χ0v) is 17.4. The van der Waals surface area contributed by atoms with Crippen molar-refractivity contribution < 1.29 is 14.3 Å². The minimum Gasteiger partial charge on any atom is -0.497 e. The summed E-state index contributed by atoms with van der Waals surface area (Å²) in [6.45, 7) is 7.00. The minimum atomic E-state index is -0.114. The molecule has 6 heteroatoms. The zero-order valence-electron chi connectivity index (χ0n) is 17.4. The van der Waals surface area contributed by atoms with Gasteiger partial charge in [0.15, 0.2) is 0 Å². The predicted octanol–water partition coefficient (Wildman–Crippen LogP) is 2.64. The lowest BCUT2D eigenvalue weighted by atomic mass is 10.1. The number of hydrogen-bond acceptors (Lipinski definition) is 5. The van der Waals surface area contributed by atoms with Gasteiger partial charge in [-0.05, 0) is 30.7 Å². The Bertz CT molecular complexity index is 774. The minimum absolute atomic E-state index is 0.114. The van der Waals surface area contributed by atoms with Crippen LogP contribution in [0.15, 0.2) is 48.5 Å². The number of hydrogen-bond donors (Lipinski definition) is 1. The summed E-state index contributed by atoms with van der Waals surface area (Å²) in [5.41, 5.74) is 1.90. The van der Waals surface area contributed by atoms with Crippen molar-refractivity contribution in [1.82, 2.24) is 15.1 Å². The van der Waals surface area contributed by atoms with Gasteiger partial charge in [-0.2, -0.15) is 0 Å². The summed E-state index contributed by atoms with van der Waals surface area (Å²) in [6, 6.07) is 15.9. The number of amides is 1. The van der Waals surface area contributed by atoms with Gasteiger partial charge in [-0.15, -0.1) is 0 Å². The Balaban J connectivity index is 1.35. The molecule has 0 aromatic heterocycles. The maximum absolute atomic E-state index is 12.4. The number of methoxy groups -OCH3 is 2. The summed E-state index contributed by atoms with van der Waals surface area (Å²) in [5.74, 6) is 1.08. The number of ether oxygens (including phenoxy) is 2. The molecule has 1 N–H and O–H groups in total. The topological polar surface area (TPSA) is 54.0 Å². The van der Waals surface area contributed by atoms with Crippen molar-refractivity contribution in [2.45, 2.75) is 13.0 Å². The Morgan fingerprint density at radius 2 is 1.69 bits per heavy atom. The van der Waals surface area contributed by atoms with Crippen LogP contribution in [0, 0.1) is 0 Å². The molecule has 0 bridgehead atoms. The van der Waals surface area contributed by atoms with E-state index in [0.29, 0.717) is 23.6 Å². The van der Waals surface area contributed by atoms with Gasteiger partial charge in [-0.1, -0.05) is 30.3 Å². The molecule has 1 saturated heterocycles. The Labute approximate surface area is 173 Å². The summed E-state index contributed by atoms with van der Waals surface area (Å²) in [4.78, 5) is 17.4. The lowest BCUT2D eigenvalue weighted by molar-refractivity contribution is 0.0944. The van der Waals surface area contributed by atoms with Gasteiger partial charge < -0.3 is 19.7 Å². The molecular formula is C23H31N3O3. The molecule has 6 nitrogen and oxygen atoms in total. The van der Waals surface area contributed by atoms with Crippen LogP contribution in [-0.2, 0) is 6.54 Å². The van der Waals surface area contributed by atoms with Crippen molar-refractivity contribution in [2.75, 3.05) is 53.5 Å². The van der Waals surface area contributed by atoms with E-state index in [2.05, 4.69) is 45.4 Å². The van der Waals surface area contributed by atoms with E-state index in [4.69, 9.17) is 9.47 Å². The molecule has 29 heavy (non-hydrogen) atoms. The van der Waals surface area contributed by atoms with E-state index in [9.17, 15) is 4.79 Å². The first-order valence-electron chi connectivity index (χ1n) is 10.2. The number of rotatable bonds is 9. The highest BCUT2D eigenvalue weighted by molar-refractivity contribution is 5.97. The lowest BCUT2D eigenvalue weighted by Gasteiger charge is -2.34. The van der Waals surface area contributed by atoms with E-state index in [1.165, 1.54) is 5.56 Å². The van der Waals surface area contributed by atoms with Gasteiger partial charge in [0.05, 0.1) is 19.8 Å². The Morgan fingerprint density at radius 3 is 2.38 bits per heavy atom. The number of carbonyl (C=O) groups excluding carboxylic acids is 1. The van der Waals surface area contributed by atoms with Crippen molar-refractivity contribution in [1.29, 1.82) is 0 Å². The number of nitrogens with one attached hydrogen (secondary N) is 1. The fourth-order valence-corrected chi connectivity index (χ4v) is 3.60. The molecule has 1 heterocycles. The molecule has 3 rings (SSSR count). The van der Waals surface area contributed by atoms with Crippen LogP contribution in [0.25, 0.3) is 0 Å². The third-order valence-electron chi connectivity index (χ3n) is 5.30. The first kappa shape index (κ1) is 21.1. The maximum atomic E-state index is 12.4. The molecular weight excluding hydrogens is 366 g/mol. The smallest absolute Gasteiger partial charge is 0.255 e. The third-order valence-corrected chi connectivity index (χ3v) is 5.30. The fraction of sp³-hybridized carbons (Fsp3) is 0.435. The molecule has 2 aromatic carbocycles. The van der Waals surface area contributed by atoms with E-state index < -0.39 is 0 Å². The highest BCUT2D eigenvalue weighted by Gasteiger charge is 2.17. The number of benzene rings is 2. The maximum Gasteiger partial charge on any atom is 0.255 e. The summed E-state index contributed by atoms with van der Waals surface area (Å²) < 4.78 is 10.5. The summed E-state index contributed by atoms with van der Waals surface area (Å²) in [5, 5.41) is 3.00. The van der Waals surface area contributed by atoms with E-state index in [1.807, 2.05) is 0 Å². The average molecular weight is 398 g/mol. The second kappa shape index (κ2) is 10.8. The van der Waals surface area contributed by atoms with Gasteiger partial charge in [-0.3, -0.25) is 9.69 Å². The van der Waals surface area contributed by atoms with Crippen molar-refractivity contribution in [3.05, 3.63) is 59.7 Å². The van der Waals surface area contributed by atoms with Gasteiger partial charge >= 0.3 is 0 Å². The van der Waals surface area contributed by atoms with E-state index in [0.717, 1.165) is 45.7 Å². The number of carbonyl (C=O) groups is 1. The van der Waals surface area contributed by atoms with Crippen LogP contribution in [0.2, 0.25) is 0 Å². The molecule has 2 aromatic rings. The van der Waals surface area contributed by atoms with Gasteiger partial charge in [-0.25, -0.2) is 0 Å². The Kier molecular flexibility index (Phi) is 7.90. The van der Waals surface area contributed by atoms with Crippen LogP contribution >= 0.6 is 0 Å². The number of piperazine rings is 1. The zero-order chi connectivity index (χ0) is 20.5. The SMILES string of the molecule is COc1ccc(C(=O)NCCCN2CCN(Cc3ccccc3)CC2)c(OC)c1. The van der Waals surface area contributed by atoms with Crippen molar-refractivity contribution in [2.24, 2.45) is 0 Å². The predicted molar refractivity (Wildman–Crippen MR) is 115 cm³/mol. The molecule has 0 spiro atoms. The molecule has 1 aliphatic heterocycles. The molecule has 1 aliphatic rings. The van der Waals surface area contributed by atoms with Gasteiger partial charge in [0, 0.05) is 45.3 Å². The standard InChI is InChI=1S/C23H31N3O3/c1-28-20-9-10-21(22(17-20)29-2)23(27)24-11-6-12-25-13-15-26(16-14-25)18-19-7-4-3-5-8-19/h3-5,7-10,17H,6,11-16,18H2,1-2H3,(H,24,27). The molecule has 0 unspecified atom stereocenters. The summed E-state index contributed by atoms with van der Waals surface area (Å²) >= 11 is 0. The van der Waals surface area contributed by atoms with E-state index >= 15 is 0 Å². The van der Waals surface area contributed by atoms with Crippen molar-refractivity contribution >= 4 is 5.91 Å². The molecule has 1 amide bonds. The largest absolute Gasteiger partial charge is 0.497 e. The molecule has 0 saturated carbocycles. The monoisotopic (exact) mass is 397 g/mol. The second-order valence-electron chi connectivity index (χ2n) is 7.28. The van der Waals surface area contributed by atoms with Crippen LogP contribution in [0.3, 0.4) is 0 Å². The highest BCUT2D eigenvalue weighted by Crippen LogP contribution is 2.24. The highest BCUT2D eigenvalue weighted by atomic mass is 16.5. The molecule has 156 valence electrons. The molecule has 0 aliphatic carbocycles. The molecule has 0 radical (unpaired) electrons. The van der Waals surface area contributed by atoms with Crippen LogP contribution in [0.5, 0.6) is 11.5 Å². The quantitative estimate of drug-likeness (QED) is 0.660. The molecule has 1 fully saturated rings. The first-order valence-corrected chi connectivity index (χ1v) is 10.2. The fourth-order valence-electron chi connectivity index (χ4n) is 3.60. The van der Waals surface area contributed by atoms with Gasteiger partial charge in [0.2, 0.25) is 0 Å². The van der Waals surface area contributed by atoms with Gasteiger partial charge in [0.1, 0.15) is 11.5 Å². The Hall–Kier alpha value is -2.57. The summed E-state index contributed by atoms with van der Waals surface area (Å²) in [7, 11) is 3.15. The third kappa shape index (κ3) is 6.21. The van der Waals surface area contributed by atoms with Crippen LogP contribution in [-0.4, -0.2) is 69.2 Å². The lowest BCUT2D eigenvalue weighted by Crippen LogP contribution is -2.46. The van der Waals surface area contributed by atoms with Crippen LogP contribution in [0.1, 0.15) is 22.3 Å². The van der Waals surface area contributed by atoms with Gasteiger partial charge in [0.25, 0.3) is 5.91 Å².